The summed E-state index contributed by atoms with van der Waals surface area (Å²) in [5.74, 6) is 0.922. The fraction of sp³-hybridized carbons (Fsp3) is 0.526. The van der Waals surface area contributed by atoms with Gasteiger partial charge in [0.2, 0.25) is 12.7 Å². The molecule has 3 aliphatic rings. The van der Waals surface area contributed by atoms with E-state index < -0.39 is 6.03 Å². The van der Waals surface area contributed by atoms with Gasteiger partial charge in [-0.2, -0.15) is 0 Å². The van der Waals surface area contributed by atoms with Crippen LogP contribution in [0.4, 0.5) is 10.5 Å². The summed E-state index contributed by atoms with van der Waals surface area (Å²) in [5, 5.41) is 8.04. The number of carbonyl (C=O) groups excluding carboxylic acids is 3. The lowest BCUT2D eigenvalue weighted by molar-refractivity contribution is -0.897. The first-order valence-corrected chi connectivity index (χ1v) is 9.71. The third-order valence-electron chi connectivity index (χ3n) is 5.28. The van der Waals surface area contributed by atoms with E-state index in [1.807, 2.05) is 0 Å². The molecule has 2 aliphatic heterocycles. The Morgan fingerprint density at radius 3 is 2.54 bits per heavy atom. The van der Waals surface area contributed by atoms with Gasteiger partial charge in [-0.05, 0) is 25.0 Å². The molecule has 4 rings (SSSR count). The zero-order valence-electron chi connectivity index (χ0n) is 15.6. The predicted molar refractivity (Wildman–Crippen MR) is 99.2 cm³/mol. The largest absolute Gasteiger partial charge is 0.454 e. The van der Waals surface area contributed by atoms with Crippen LogP contribution in [0.25, 0.3) is 0 Å². The number of imide groups is 1. The number of amides is 4. The lowest BCUT2D eigenvalue weighted by atomic mass is 9.96. The normalized spacial score (nSPS) is 23.0. The molecule has 0 unspecified atom stereocenters. The molecule has 9 heteroatoms. The first-order chi connectivity index (χ1) is 13.6. The highest BCUT2D eigenvalue weighted by molar-refractivity contribution is 5.95. The highest BCUT2D eigenvalue weighted by Gasteiger charge is 2.30. The minimum atomic E-state index is -0.412. The van der Waals surface area contributed by atoms with Crippen molar-refractivity contribution in [1.29, 1.82) is 0 Å². The van der Waals surface area contributed by atoms with Crippen molar-refractivity contribution in [1.82, 2.24) is 10.6 Å². The Labute approximate surface area is 162 Å². The fourth-order valence-electron chi connectivity index (χ4n) is 3.53. The monoisotopic (exact) mass is 389 g/mol. The highest BCUT2D eigenvalue weighted by atomic mass is 16.7. The van der Waals surface area contributed by atoms with E-state index >= 15 is 0 Å². The molecule has 150 valence electrons. The molecule has 2 heterocycles. The summed E-state index contributed by atoms with van der Waals surface area (Å²) in [6, 6.07) is 5.15. The summed E-state index contributed by atoms with van der Waals surface area (Å²) in [7, 11) is 0. The molecule has 0 aromatic heterocycles. The van der Waals surface area contributed by atoms with Crippen LogP contribution in [0.5, 0.6) is 11.5 Å². The molecule has 4 amide bonds. The number of fused-ring (bicyclic) bond motifs is 1. The van der Waals surface area contributed by atoms with Gasteiger partial charge in [-0.1, -0.05) is 0 Å². The molecule has 28 heavy (non-hydrogen) atoms. The quantitative estimate of drug-likeness (QED) is 0.550. The van der Waals surface area contributed by atoms with Crippen molar-refractivity contribution in [3.05, 3.63) is 18.2 Å². The van der Waals surface area contributed by atoms with Crippen LogP contribution in [0.15, 0.2) is 18.2 Å². The van der Waals surface area contributed by atoms with E-state index in [2.05, 4.69) is 16.0 Å². The third-order valence-corrected chi connectivity index (χ3v) is 5.28. The molecular formula is C19H25N4O5+. The first kappa shape index (κ1) is 18.5. The van der Waals surface area contributed by atoms with Gasteiger partial charge in [-0.25, -0.2) is 4.79 Å². The average molecular weight is 389 g/mol. The molecule has 9 nitrogen and oxygen atoms in total. The third kappa shape index (κ3) is 4.72. The van der Waals surface area contributed by atoms with E-state index in [1.165, 1.54) is 0 Å². The number of piperidine rings is 1. The molecular weight excluding hydrogens is 364 g/mol. The average Bonchev–Trinajstić information content (AvgIpc) is 3.35. The fourth-order valence-corrected chi connectivity index (χ4v) is 3.53. The molecule has 1 aromatic carbocycles. The molecule has 4 N–H and O–H groups in total. The maximum absolute atomic E-state index is 12.5. The Kier molecular flexibility index (Phi) is 5.34. The van der Waals surface area contributed by atoms with Crippen molar-refractivity contribution in [2.75, 3.05) is 31.7 Å². The van der Waals surface area contributed by atoms with Gasteiger partial charge >= 0.3 is 6.03 Å². The minimum absolute atomic E-state index is 0.0221. The number of ether oxygens (including phenoxy) is 2. The summed E-state index contributed by atoms with van der Waals surface area (Å²) in [6.07, 6.45) is 3.37. The number of rotatable bonds is 5. The Morgan fingerprint density at radius 1 is 1.04 bits per heavy atom. The Balaban J connectivity index is 1.19. The second kappa shape index (κ2) is 8.05. The molecule has 1 aliphatic carbocycles. The number of likely N-dealkylation sites (tertiary alicyclic amines) is 1. The topological polar surface area (TPSA) is 110 Å². The maximum atomic E-state index is 12.5. The van der Waals surface area contributed by atoms with E-state index in [-0.39, 0.29) is 37.1 Å². The van der Waals surface area contributed by atoms with Gasteiger partial charge in [0.15, 0.2) is 18.0 Å². The van der Waals surface area contributed by atoms with Crippen molar-refractivity contribution in [2.24, 2.45) is 5.92 Å². The van der Waals surface area contributed by atoms with E-state index in [1.54, 1.807) is 18.2 Å². The van der Waals surface area contributed by atoms with E-state index in [9.17, 15) is 14.4 Å². The second-order valence-electron chi connectivity index (χ2n) is 7.55. The van der Waals surface area contributed by atoms with Crippen LogP contribution in [0, 0.1) is 5.92 Å². The van der Waals surface area contributed by atoms with Gasteiger partial charge in [0.25, 0.3) is 5.91 Å². The molecule has 1 saturated carbocycles. The van der Waals surface area contributed by atoms with E-state index in [0.29, 0.717) is 30.0 Å². The molecule has 0 atom stereocenters. The summed E-state index contributed by atoms with van der Waals surface area (Å²) in [6.45, 7) is 1.88. The van der Waals surface area contributed by atoms with Crippen molar-refractivity contribution in [3.8, 4) is 11.5 Å². The first-order valence-electron chi connectivity index (χ1n) is 9.71. The zero-order chi connectivity index (χ0) is 19.5. The zero-order valence-corrected chi connectivity index (χ0v) is 15.6. The number of quaternary nitrogens is 1. The predicted octanol–water partition coefficient (Wildman–Crippen LogP) is -0.363. The SMILES string of the molecule is O=C(C[NH+]1CCC(C(=O)Nc2ccc3c(c2)OCO3)CC1)NC(=O)NC1CC1. The molecule has 2 fully saturated rings. The number of hydrogen-bond donors (Lipinski definition) is 4. The number of benzene rings is 1. The van der Waals surface area contributed by atoms with Gasteiger partial charge < -0.3 is 25.0 Å². The van der Waals surface area contributed by atoms with Crippen LogP contribution in [-0.2, 0) is 9.59 Å². The lowest BCUT2D eigenvalue weighted by Crippen LogP contribution is -3.14. The van der Waals surface area contributed by atoms with Crippen LogP contribution in [-0.4, -0.2) is 50.3 Å². The van der Waals surface area contributed by atoms with Crippen molar-refractivity contribution >= 4 is 23.5 Å². The van der Waals surface area contributed by atoms with Gasteiger partial charge in [-0.15, -0.1) is 0 Å². The summed E-state index contributed by atoms with van der Waals surface area (Å²) in [4.78, 5) is 37.2. The minimum Gasteiger partial charge on any atom is -0.454 e. The van der Waals surface area contributed by atoms with Gasteiger partial charge in [-0.3, -0.25) is 14.9 Å². The van der Waals surface area contributed by atoms with Crippen LogP contribution in [0.1, 0.15) is 25.7 Å². The molecule has 0 spiro atoms. The lowest BCUT2D eigenvalue weighted by Gasteiger charge is -2.28. The maximum Gasteiger partial charge on any atom is 0.321 e. The standard InChI is InChI=1S/C19H24N4O5/c24-17(22-19(26)21-13-1-2-13)10-23-7-5-12(6-8-23)18(25)20-14-3-4-15-16(9-14)28-11-27-15/h3-4,9,12-13H,1-2,5-8,10-11H2,(H,20,25)(H2,21,22,24,26)/p+1. The van der Waals surface area contributed by atoms with Crippen molar-refractivity contribution < 1.29 is 28.8 Å². The molecule has 0 radical (unpaired) electrons. The highest BCUT2D eigenvalue weighted by Crippen LogP contribution is 2.34. The van der Waals surface area contributed by atoms with E-state index in [0.717, 1.165) is 30.8 Å². The Bertz CT molecular complexity index is 772. The molecule has 1 aromatic rings. The van der Waals surface area contributed by atoms with Crippen LogP contribution >= 0.6 is 0 Å². The van der Waals surface area contributed by atoms with Crippen molar-refractivity contribution in [2.45, 2.75) is 31.7 Å². The molecule has 0 bridgehead atoms. The summed E-state index contributed by atoms with van der Waals surface area (Å²) in [5.41, 5.74) is 0.685. The van der Waals surface area contributed by atoms with Crippen LogP contribution in [0.3, 0.4) is 0 Å². The summed E-state index contributed by atoms with van der Waals surface area (Å²) < 4.78 is 10.6. The number of anilines is 1. The van der Waals surface area contributed by atoms with Gasteiger partial charge in [0.1, 0.15) is 0 Å². The van der Waals surface area contributed by atoms with Gasteiger partial charge in [0.05, 0.1) is 13.1 Å². The second-order valence-corrected chi connectivity index (χ2v) is 7.55. The Morgan fingerprint density at radius 2 is 1.79 bits per heavy atom. The number of urea groups is 1. The number of hydrogen-bond acceptors (Lipinski definition) is 5. The Hall–Kier alpha value is -2.81. The summed E-state index contributed by atoms with van der Waals surface area (Å²) >= 11 is 0. The molecule has 1 saturated heterocycles. The smallest absolute Gasteiger partial charge is 0.321 e. The number of nitrogens with one attached hydrogen (secondary N) is 4. The van der Waals surface area contributed by atoms with Gasteiger partial charge in [0, 0.05) is 36.6 Å². The van der Waals surface area contributed by atoms with Crippen molar-refractivity contribution in [3.63, 3.8) is 0 Å². The number of carbonyl (C=O) groups is 3. The van der Waals surface area contributed by atoms with E-state index in [4.69, 9.17) is 9.47 Å². The van der Waals surface area contributed by atoms with Crippen LogP contribution < -0.4 is 30.3 Å². The van der Waals surface area contributed by atoms with Crippen LogP contribution in [0.2, 0.25) is 0 Å².